The average Bonchev–Trinajstić information content (AvgIpc) is 2.25. The van der Waals surface area contributed by atoms with E-state index in [4.69, 9.17) is 16.3 Å². The van der Waals surface area contributed by atoms with Gasteiger partial charge in [-0.3, -0.25) is 0 Å². The van der Waals surface area contributed by atoms with E-state index in [2.05, 4.69) is 19.0 Å². The van der Waals surface area contributed by atoms with E-state index in [0.717, 1.165) is 18.5 Å². The molecule has 0 radical (unpaired) electrons. The zero-order valence-electron chi connectivity index (χ0n) is 9.73. The average molecular weight is 264 g/mol. The van der Waals surface area contributed by atoms with E-state index in [1.165, 1.54) is 0 Å². The van der Waals surface area contributed by atoms with E-state index in [9.17, 15) is 0 Å². The Labute approximate surface area is 109 Å². The largest absolute Gasteiger partial charge is 0.358 e. The first-order valence-corrected chi connectivity index (χ1v) is 5.59. The molecule has 1 unspecified atom stereocenters. The van der Waals surface area contributed by atoms with Crippen LogP contribution in [0.3, 0.4) is 0 Å². The van der Waals surface area contributed by atoms with Gasteiger partial charge < -0.3 is 9.64 Å². The summed E-state index contributed by atoms with van der Waals surface area (Å²) in [5.41, 5.74) is 0.692. The van der Waals surface area contributed by atoms with E-state index < -0.39 is 0 Å². The highest BCUT2D eigenvalue weighted by Gasteiger charge is 2.06. The lowest BCUT2D eigenvalue weighted by Crippen LogP contribution is -2.15. The fourth-order valence-corrected chi connectivity index (χ4v) is 1.50. The number of hydrogen-bond acceptors (Lipinski definition) is 2. The van der Waals surface area contributed by atoms with E-state index >= 15 is 0 Å². The van der Waals surface area contributed by atoms with E-state index in [1.54, 1.807) is 0 Å². The van der Waals surface area contributed by atoms with Crippen LogP contribution in [0.25, 0.3) is 0 Å². The molecule has 0 N–H and O–H groups in total. The van der Waals surface area contributed by atoms with Crippen LogP contribution in [-0.2, 0) is 4.74 Å². The summed E-state index contributed by atoms with van der Waals surface area (Å²) in [5, 5.41) is 0. The van der Waals surface area contributed by atoms with Gasteiger partial charge in [-0.05, 0) is 32.6 Å². The minimum absolute atomic E-state index is 0. The molecule has 0 aliphatic rings. The molecule has 0 saturated carbocycles. The maximum atomic E-state index is 6.09. The van der Waals surface area contributed by atoms with Gasteiger partial charge in [0.05, 0.1) is 6.61 Å². The third kappa shape index (κ3) is 6.33. The summed E-state index contributed by atoms with van der Waals surface area (Å²) in [6, 6.07) is 9.86. The Hall–Kier alpha value is -0.280. The van der Waals surface area contributed by atoms with Gasteiger partial charge in [0, 0.05) is 0 Å². The van der Waals surface area contributed by atoms with Crippen molar-refractivity contribution in [2.24, 2.45) is 0 Å². The van der Waals surface area contributed by atoms with Crippen molar-refractivity contribution in [2.45, 2.75) is 12.0 Å². The molecule has 0 spiro atoms. The molecule has 0 aliphatic heterocycles. The van der Waals surface area contributed by atoms with Gasteiger partial charge in [-0.1, -0.05) is 41.9 Å². The zero-order chi connectivity index (χ0) is 11.1. The van der Waals surface area contributed by atoms with Gasteiger partial charge >= 0.3 is 0 Å². The molecule has 0 amide bonds. The molecule has 0 saturated heterocycles. The van der Waals surface area contributed by atoms with Crippen LogP contribution < -0.4 is 0 Å². The third-order valence-corrected chi connectivity index (χ3v) is 2.45. The lowest BCUT2D eigenvalue weighted by atomic mass is 10.2. The third-order valence-electron chi connectivity index (χ3n) is 2.08. The van der Waals surface area contributed by atoms with E-state index in [1.807, 2.05) is 30.3 Å². The van der Waals surface area contributed by atoms with Crippen LogP contribution in [-0.4, -0.2) is 32.1 Å². The van der Waals surface area contributed by atoms with E-state index in [-0.39, 0.29) is 18.0 Å². The molecule has 0 aliphatic carbocycles. The van der Waals surface area contributed by atoms with Gasteiger partial charge in [-0.2, -0.15) is 0 Å². The number of nitrogens with zero attached hydrogens (tertiary/aromatic N) is 1. The van der Waals surface area contributed by atoms with Gasteiger partial charge in [0.15, 0.2) is 5.56 Å². The van der Waals surface area contributed by atoms with Crippen molar-refractivity contribution in [3.05, 3.63) is 35.9 Å². The summed E-state index contributed by atoms with van der Waals surface area (Å²) < 4.78 is 5.52. The van der Waals surface area contributed by atoms with Crippen LogP contribution in [0, 0.1) is 0 Å². The van der Waals surface area contributed by atoms with Crippen molar-refractivity contribution in [1.82, 2.24) is 4.90 Å². The van der Waals surface area contributed by atoms with Gasteiger partial charge in [0.25, 0.3) is 0 Å². The molecule has 1 rings (SSSR count). The van der Waals surface area contributed by atoms with Crippen molar-refractivity contribution in [3.63, 3.8) is 0 Å². The second-order valence-corrected chi connectivity index (χ2v) is 4.15. The van der Waals surface area contributed by atoms with Crippen LogP contribution in [0.1, 0.15) is 17.5 Å². The van der Waals surface area contributed by atoms with Crippen molar-refractivity contribution in [1.29, 1.82) is 0 Å². The number of halogens is 2. The lowest BCUT2D eigenvalue weighted by Gasteiger charge is -2.13. The Bertz CT molecular complexity index is 267. The summed E-state index contributed by atoms with van der Waals surface area (Å²) in [7, 11) is 4.10. The molecule has 0 fully saturated rings. The molecule has 0 heterocycles. The van der Waals surface area contributed by atoms with Crippen molar-refractivity contribution < 1.29 is 4.74 Å². The molecule has 92 valence electrons. The quantitative estimate of drug-likeness (QED) is 0.577. The molecular weight excluding hydrogens is 245 g/mol. The first-order chi connectivity index (χ1) is 7.20. The number of alkyl halides is 1. The summed E-state index contributed by atoms with van der Waals surface area (Å²) in [5.74, 6) is 0. The Morgan fingerprint density at radius 3 is 2.44 bits per heavy atom. The highest BCUT2D eigenvalue weighted by molar-refractivity contribution is 6.19. The van der Waals surface area contributed by atoms with Gasteiger partial charge in [0.2, 0.25) is 0 Å². The normalized spacial score (nSPS) is 12.2. The molecular formula is C12H19Cl2NO. The molecule has 2 nitrogen and oxygen atoms in total. The van der Waals surface area contributed by atoms with Crippen LogP contribution in [0.5, 0.6) is 0 Å². The Kier molecular flexibility index (Phi) is 8.67. The summed E-state index contributed by atoms with van der Waals surface area (Å²) in [6.45, 7) is 1.72. The van der Waals surface area contributed by atoms with Crippen LogP contribution in [0.4, 0.5) is 0 Å². The number of ether oxygens (including phenoxy) is 1. The predicted molar refractivity (Wildman–Crippen MR) is 71.4 cm³/mol. The number of hydrogen-bond donors (Lipinski definition) is 0. The molecule has 1 atom stereocenters. The van der Waals surface area contributed by atoms with Gasteiger partial charge in [-0.15, -0.1) is 12.4 Å². The zero-order valence-corrected chi connectivity index (χ0v) is 11.3. The monoisotopic (exact) mass is 263 g/mol. The molecule has 1 aromatic carbocycles. The second kappa shape index (κ2) is 8.82. The fraction of sp³-hybridized carbons (Fsp3) is 0.500. The smallest absolute Gasteiger partial charge is 0.156 e. The first-order valence-electron chi connectivity index (χ1n) is 5.15. The van der Waals surface area contributed by atoms with Gasteiger partial charge in [-0.25, -0.2) is 0 Å². The number of rotatable bonds is 6. The molecule has 1 aromatic rings. The van der Waals surface area contributed by atoms with Crippen LogP contribution in [0.2, 0.25) is 0 Å². The first kappa shape index (κ1) is 15.7. The van der Waals surface area contributed by atoms with E-state index in [0.29, 0.717) is 6.61 Å². The highest BCUT2D eigenvalue weighted by atomic mass is 35.5. The van der Waals surface area contributed by atoms with Crippen molar-refractivity contribution in [2.75, 3.05) is 27.2 Å². The number of benzene rings is 1. The lowest BCUT2D eigenvalue weighted by molar-refractivity contribution is 0.101. The second-order valence-electron chi connectivity index (χ2n) is 3.75. The van der Waals surface area contributed by atoms with Gasteiger partial charge in [0.1, 0.15) is 0 Å². The Balaban J connectivity index is 0.00000225. The molecule has 16 heavy (non-hydrogen) atoms. The summed E-state index contributed by atoms with van der Waals surface area (Å²) in [6.07, 6.45) is 1.00. The maximum absolute atomic E-state index is 6.09. The predicted octanol–water partition coefficient (Wildman–Crippen LogP) is 3.31. The maximum Gasteiger partial charge on any atom is 0.156 e. The molecule has 0 aromatic heterocycles. The minimum Gasteiger partial charge on any atom is -0.358 e. The topological polar surface area (TPSA) is 12.5 Å². The van der Waals surface area contributed by atoms with Crippen molar-refractivity contribution >= 4 is 24.0 Å². The van der Waals surface area contributed by atoms with Crippen LogP contribution >= 0.6 is 24.0 Å². The Morgan fingerprint density at radius 2 is 1.88 bits per heavy atom. The van der Waals surface area contributed by atoms with Crippen molar-refractivity contribution in [3.8, 4) is 0 Å². The minimum atomic E-state index is -0.326. The highest BCUT2D eigenvalue weighted by Crippen LogP contribution is 2.21. The molecule has 4 heteroatoms. The Morgan fingerprint density at radius 1 is 1.25 bits per heavy atom. The van der Waals surface area contributed by atoms with Crippen LogP contribution in [0.15, 0.2) is 30.3 Å². The fourth-order valence-electron chi connectivity index (χ4n) is 1.27. The summed E-state index contributed by atoms with van der Waals surface area (Å²) >= 11 is 6.09. The molecule has 0 bridgehead atoms. The standard InChI is InChI=1S/C12H18ClNO.ClH/c1-14(2)9-6-10-15-12(13)11-7-4-3-5-8-11;/h3-5,7-8,12H,6,9-10H2,1-2H3;1H. The SMILES string of the molecule is CN(C)CCCOC(Cl)c1ccccc1.Cl. The summed E-state index contributed by atoms with van der Waals surface area (Å²) in [4.78, 5) is 2.13.